The molecule has 6 nitrogen and oxygen atoms in total. The van der Waals surface area contributed by atoms with Crippen molar-refractivity contribution < 1.29 is 8.42 Å². The molecule has 1 rings (SSSR count). The van der Waals surface area contributed by atoms with Gasteiger partial charge in [-0.05, 0) is 19.8 Å². The van der Waals surface area contributed by atoms with Crippen LogP contribution in [0, 0.1) is 5.92 Å². The van der Waals surface area contributed by atoms with Crippen LogP contribution in [0.5, 0.6) is 0 Å². The minimum atomic E-state index is -2.93. The highest BCUT2D eigenvalue weighted by atomic mass is 32.2. The van der Waals surface area contributed by atoms with Crippen molar-refractivity contribution in [2.45, 2.75) is 39.8 Å². The topological polar surface area (TPSA) is 73.8 Å². The van der Waals surface area contributed by atoms with Crippen LogP contribution in [-0.4, -0.2) is 69.5 Å². The molecule has 1 heterocycles. The van der Waals surface area contributed by atoms with E-state index < -0.39 is 9.84 Å². The summed E-state index contributed by atoms with van der Waals surface area (Å²) >= 11 is 0. The van der Waals surface area contributed by atoms with E-state index in [1.807, 2.05) is 0 Å². The quantitative estimate of drug-likeness (QED) is 0.545. The molecule has 0 aliphatic carbocycles. The van der Waals surface area contributed by atoms with E-state index in [4.69, 9.17) is 0 Å². The number of nitrogens with one attached hydrogen (secondary N) is 2. The van der Waals surface area contributed by atoms with E-state index in [0.29, 0.717) is 30.5 Å². The molecule has 0 aromatic carbocycles. The zero-order valence-electron chi connectivity index (χ0n) is 13.9. The Morgan fingerprint density at radius 3 is 2.52 bits per heavy atom. The summed E-state index contributed by atoms with van der Waals surface area (Å²) in [5, 5.41) is 6.50. The lowest BCUT2D eigenvalue weighted by Crippen LogP contribution is -2.47. The Bertz CT molecular complexity index is 448. The van der Waals surface area contributed by atoms with E-state index in [9.17, 15) is 8.42 Å². The molecule has 0 spiro atoms. The molecule has 1 saturated heterocycles. The summed E-state index contributed by atoms with van der Waals surface area (Å²) in [4.78, 5) is 6.62. The maximum absolute atomic E-state index is 11.5. The highest BCUT2D eigenvalue weighted by Gasteiger charge is 2.31. The lowest BCUT2D eigenvalue weighted by atomic mass is 10.1. The van der Waals surface area contributed by atoms with Crippen LogP contribution in [0.3, 0.4) is 0 Å². The molecule has 0 aromatic heterocycles. The van der Waals surface area contributed by atoms with Crippen molar-refractivity contribution in [2.24, 2.45) is 10.9 Å². The summed E-state index contributed by atoms with van der Waals surface area (Å²) in [5.74, 6) is 1.56. The molecule has 0 bridgehead atoms. The van der Waals surface area contributed by atoms with Gasteiger partial charge in [0.25, 0.3) is 0 Å². The van der Waals surface area contributed by atoms with Gasteiger partial charge in [0.1, 0.15) is 0 Å². The highest BCUT2D eigenvalue weighted by molar-refractivity contribution is 7.91. The molecular formula is C14H30N4O2S. The molecule has 0 saturated carbocycles. The fourth-order valence-corrected chi connectivity index (χ4v) is 3.16. The van der Waals surface area contributed by atoms with Crippen LogP contribution in [0.25, 0.3) is 0 Å². The molecule has 124 valence electrons. The molecule has 2 unspecified atom stereocenters. The number of rotatable bonds is 6. The highest BCUT2D eigenvalue weighted by Crippen LogP contribution is 2.18. The van der Waals surface area contributed by atoms with Crippen LogP contribution >= 0.6 is 0 Å². The van der Waals surface area contributed by atoms with E-state index in [2.05, 4.69) is 41.3 Å². The molecule has 1 aliphatic heterocycles. The van der Waals surface area contributed by atoms with Crippen LogP contribution in [0.1, 0.15) is 27.7 Å². The van der Waals surface area contributed by atoms with Gasteiger partial charge in [-0.15, -0.1) is 0 Å². The molecule has 1 aliphatic rings. The number of sulfone groups is 1. The fraction of sp³-hybridized carbons (Fsp3) is 0.929. The second kappa shape index (κ2) is 7.98. The minimum Gasteiger partial charge on any atom is -0.355 e. The van der Waals surface area contributed by atoms with Crippen molar-refractivity contribution in [1.82, 2.24) is 15.5 Å². The summed E-state index contributed by atoms with van der Waals surface area (Å²) in [6.45, 7) is 10.8. The van der Waals surface area contributed by atoms with Gasteiger partial charge >= 0.3 is 0 Å². The molecule has 0 aromatic rings. The first-order valence-corrected chi connectivity index (χ1v) is 9.52. The maximum atomic E-state index is 11.5. The number of hydrogen-bond acceptors (Lipinski definition) is 4. The third-order valence-corrected chi connectivity index (χ3v) is 5.77. The van der Waals surface area contributed by atoms with Gasteiger partial charge in [-0.3, -0.25) is 9.89 Å². The maximum Gasteiger partial charge on any atom is 0.191 e. The monoisotopic (exact) mass is 318 g/mol. The van der Waals surface area contributed by atoms with Crippen LogP contribution in [0.2, 0.25) is 0 Å². The third kappa shape index (κ3) is 5.82. The van der Waals surface area contributed by atoms with Crippen molar-refractivity contribution in [2.75, 3.05) is 38.2 Å². The van der Waals surface area contributed by atoms with Crippen molar-refractivity contribution in [3.8, 4) is 0 Å². The van der Waals surface area contributed by atoms with Crippen LogP contribution in [-0.2, 0) is 9.84 Å². The van der Waals surface area contributed by atoms with Gasteiger partial charge < -0.3 is 10.6 Å². The Labute approximate surface area is 129 Å². The Balaban J connectivity index is 2.45. The second-order valence-electron chi connectivity index (χ2n) is 6.01. The van der Waals surface area contributed by atoms with Gasteiger partial charge in [-0.25, -0.2) is 8.42 Å². The number of hydrogen-bond donors (Lipinski definition) is 2. The normalized spacial score (nSPS) is 24.6. The first-order valence-electron chi connectivity index (χ1n) is 7.70. The Kier molecular flexibility index (Phi) is 6.93. The molecule has 0 amide bonds. The fourth-order valence-electron chi connectivity index (χ4n) is 2.45. The summed E-state index contributed by atoms with van der Waals surface area (Å²) in [7, 11) is -1.22. The average molecular weight is 318 g/mol. The lowest BCUT2D eigenvalue weighted by molar-refractivity contribution is 0.265. The summed E-state index contributed by atoms with van der Waals surface area (Å²) in [5.41, 5.74) is 0. The number of aliphatic imine (C=N–C) groups is 1. The van der Waals surface area contributed by atoms with Gasteiger partial charge in [-0.2, -0.15) is 0 Å². The smallest absolute Gasteiger partial charge is 0.191 e. The van der Waals surface area contributed by atoms with Crippen molar-refractivity contribution in [3.63, 3.8) is 0 Å². The third-order valence-electron chi connectivity index (χ3n) is 4.06. The van der Waals surface area contributed by atoms with Crippen molar-refractivity contribution in [3.05, 3.63) is 0 Å². The predicted molar refractivity (Wildman–Crippen MR) is 88.5 cm³/mol. The Morgan fingerprint density at radius 1 is 1.38 bits per heavy atom. The Morgan fingerprint density at radius 2 is 2.05 bits per heavy atom. The molecule has 0 radical (unpaired) electrons. The van der Waals surface area contributed by atoms with Crippen molar-refractivity contribution in [1.29, 1.82) is 0 Å². The number of likely N-dealkylation sites (tertiary alicyclic amines) is 1. The number of nitrogens with zero attached hydrogens (tertiary/aromatic N) is 2. The Hall–Kier alpha value is -0.820. The molecule has 7 heteroatoms. The van der Waals surface area contributed by atoms with Gasteiger partial charge in [0.2, 0.25) is 0 Å². The average Bonchev–Trinajstić information content (AvgIpc) is 2.79. The van der Waals surface area contributed by atoms with Gasteiger partial charge in [0.15, 0.2) is 15.8 Å². The lowest BCUT2D eigenvalue weighted by Gasteiger charge is -2.21. The van der Waals surface area contributed by atoms with Crippen LogP contribution < -0.4 is 10.6 Å². The van der Waals surface area contributed by atoms with E-state index in [-0.39, 0.29) is 11.5 Å². The molecular weight excluding hydrogens is 288 g/mol. The minimum absolute atomic E-state index is 0.141. The summed E-state index contributed by atoms with van der Waals surface area (Å²) in [6.07, 6.45) is 0. The first-order chi connectivity index (χ1) is 9.79. The molecule has 1 fully saturated rings. The van der Waals surface area contributed by atoms with Crippen LogP contribution in [0.4, 0.5) is 0 Å². The predicted octanol–water partition coefficient (Wildman–Crippen LogP) is 0.315. The number of guanidine groups is 1. The SMILES string of the molecule is CCS(=O)(=O)CCNC(=NC)NC1CN(C(C)C)CC1C. The first kappa shape index (κ1) is 18.2. The van der Waals surface area contributed by atoms with E-state index in [1.54, 1.807) is 14.0 Å². The van der Waals surface area contributed by atoms with Crippen molar-refractivity contribution >= 4 is 15.8 Å². The molecule has 21 heavy (non-hydrogen) atoms. The van der Waals surface area contributed by atoms with Gasteiger partial charge in [0, 0.05) is 44.5 Å². The summed E-state index contributed by atoms with van der Waals surface area (Å²) < 4.78 is 23.0. The van der Waals surface area contributed by atoms with Crippen LogP contribution in [0.15, 0.2) is 4.99 Å². The van der Waals surface area contributed by atoms with Gasteiger partial charge in [0.05, 0.1) is 5.75 Å². The van der Waals surface area contributed by atoms with Gasteiger partial charge in [-0.1, -0.05) is 13.8 Å². The standard InChI is InChI=1S/C14H30N4O2S/c1-6-21(19,20)8-7-16-14(15-5)17-13-10-18(11(2)3)9-12(13)4/h11-13H,6-10H2,1-5H3,(H2,15,16,17). The van der Waals surface area contributed by atoms with E-state index in [1.165, 1.54) is 0 Å². The summed E-state index contributed by atoms with van der Waals surface area (Å²) in [6, 6.07) is 0.894. The van der Waals surface area contributed by atoms with E-state index in [0.717, 1.165) is 13.1 Å². The molecule has 2 atom stereocenters. The second-order valence-corrected chi connectivity index (χ2v) is 8.48. The van der Waals surface area contributed by atoms with E-state index >= 15 is 0 Å². The largest absolute Gasteiger partial charge is 0.355 e. The zero-order valence-corrected chi connectivity index (χ0v) is 14.7. The molecule has 2 N–H and O–H groups in total. The zero-order chi connectivity index (χ0) is 16.0.